The van der Waals surface area contributed by atoms with Crippen molar-refractivity contribution in [2.45, 2.75) is 32.6 Å². The Hall–Kier alpha value is -1.82. The zero-order chi connectivity index (χ0) is 13.9. The standard InChI is InChI=1S/C16H19NO2/c1-12-7-8-16(9-12,14(11-17)15(18)19)10-13-5-3-2-4-6-13/h2-6,12,14H,7-10H2,1H3,(H,18,19)/t12-,14-,16+/m1/s1. The Morgan fingerprint density at radius 2 is 2.21 bits per heavy atom. The Morgan fingerprint density at radius 3 is 2.68 bits per heavy atom. The van der Waals surface area contributed by atoms with Crippen LogP contribution in [-0.2, 0) is 11.2 Å². The van der Waals surface area contributed by atoms with Crippen LogP contribution in [0.2, 0.25) is 0 Å². The van der Waals surface area contributed by atoms with Gasteiger partial charge in [-0.05, 0) is 30.7 Å². The van der Waals surface area contributed by atoms with Crippen molar-refractivity contribution in [3.8, 4) is 6.07 Å². The topological polar surface area (TPSA) is 61.1 Å². The Kier molecular flexibility index (Phi) is 3.90. The molecule has 1 aliphatic carbocycles. The first-order chi connectivity index (χ1) is 9.07. The van der Waals surface area contributed by atoms with E-state index in [0.29, 0.717) is 12.3 Å². The van der Waals surface area contributed by atoms with E-state index < -0.39 is 17.3 Å². The molecule has 19 heavy (non-hydrogen) atoms. The molecule has 3 atom stereocenters. The second kappa shape index (κ2) is 5.44. The molecule has 1 saturated carbocycles. The van der Waals surface area contributed by atoms with Crippen LogP contribution in [0.5, 0.6) is 0 Å². The van der Waals surface area contributed by atoms with Crippen LogP contribution in [0.3, 0.4) is 0 Å². The molecule has 0 radical (unpaired) electrons. The number of carbonyl (C=O) groups is 1. The lowest BCUT2D eigenvalue weighted by Crippen LogP contribution is -2.35. The van der Waals surface area contributed by atoms with E-state index in [-0.39, 0.29) is 0 Å². The normalized spacial score (nSPS) is 27.7. The molecular formula is C16H19NO2. The molecule has 0 amide bonds. The van der Waals surface area contributed by atoms with Gasteiger partial charge < -0.3 is 5.11 Å². The lowest BCUT2D eigenvalue weighted by Gasteiger charge is -2.31. The molecule has 3 nitrogen and oxygen atoms in total. The zero-order valence-electron chi connectivity index (χ0n) is 11.2. The third kappa shape index (κ3) is 2.78. The molecule has 1 N–H and O–H groups in total. The minimum atomic E-state index is -0.979. The summed E-state index contributed by atoms with van der Waals surface area (Å²) in [6.07, 6.45) is 3.35. The molecule has 1 fully saturated rings. The second-order valence-electron chi connectivity index (χ2n) is 5.77. The van der Waals surface area contributed by atoms with Crippen LogP contribution in [0.1, 0.15) is 31.7 Å². The number of hydrogen-bond acceptors (Lipinski definition) is 2. The lowest BCUT2D eigenvalue weighted by atomic mass is 9.70. The maximum atomic E-state index is 11.4. The average Bonchev–Trinajstić information content (AvgIpc) is 2.73. The summed E-state index contributed by atoms with van der Waals surface area (Å²) in [4.78, 5) is 11.4. The first-order valence-corrected chi connectivity index (χ1v) is 6.74. The molecule has 0 aliphatic heterocycles. The third-order valence-corrected chi connectivity index (χ3v) is 4.28. The smallest absolute Gasteiger partial charge is 0.321 e. The van der Waals surface area contributed by atoms with Crippen LogP contribution in [0.4, 0.5) is 0 Å². The summed E-state index contributed by atoms with van der Waals surface area (Å²) in [5.74, 6) is -1.39. The fourth-order valence-corrected chi connectivity index (χ4v) is 3.41. The first kappa shape index (κ1) is 13.6. The Bertz CT molecular complexity index is 491. The van der Waals surface area contributed by atoms with Crippen LogP contribution in [-0.4, -0.2) is 11.1 Å². The molecule has 0 aromatic heterocycles. The van der Waals surface area contributed by atoms with Gasteiger partial charge in [-0.1, -0.05) is 43.7 Å². The average molecular weight is 257 g/mol. The van der Waals surface area contributed by atoms with Crippen molar-refractivity contribution >= 4 is 5.97 Å². The Morgan fingerprint density at radius 1 is 1.53 bits per heavy atom. The van der Waals surface area contributed by atoms with Crippen LogP contribution in [0.25, 0.3) is 0 Å². The number of carboxylic acids is 1. The molecular weight excluding hydrogens is 238 g/mol. The molecule has 100 valence electrons. The van der Waals surface area contributed by atoms with E-state index in [1.54, 1.807) is 0 Å². The molecule has 0 unspecified atom stereocenters. The monoisotopic (exact) mass is 257 g/mol. The van der Waals surface area contributed by atoms with Crippen molar-refractivity contribution in [3.63, 3.8) is 0 Å². The van der Waals surface area contributed by atoms with Crippen molar-refractivity contribution in [2.75, 3.05) is 0 Å². The molecule has 3 heteroatoms. The predicted octanol–water partition coefficient (Wildman–Crippen LogP) is 3.26. The van der Waals surface area contributed by atoms with E-state index in [0.717, 1.165) is 24.8 Å². The van der Waals surface area contributed by atoms with Gasteiger partial charge in [0, 0.05) is 5.41 Å². The number of nitrogens with zero attached hydrogens (tertiary/aromatic N) is 1. The van der Waals surface area contributed by atoms with Gasteiger partial charge in [-0.25, -0.2) is 0 Å². The van der Waals surface area contributed by atoms with E-state index in [9.17, 15) is 15.2 Å². The number of benzene rings is 1. The molecule has 0 saturated heterocycles. The van der Waals surface area contributed by atoms with Crippen molar-refractivity contribution in [1.29, 1.82) is 5.26 Å². The maximum Gasteiger partial charge on any atom is 0.321 e. The fourth-order valence-electron chi connectivity index (χ4n) is 3.41. The molecule has 0 bridgehead atoms. The van der Waals surface area contributed by atoms with Crippen LogP contribution < -0.4 is 0 Å². The lowest BCUT2D eigenvalue weighted by molar-refractivity contribution is -0.143. The minimum absolute atomic E-state index is 0.401. The van der Waals surface area contributed by atoms with Crippen LogP contribution >= 0.6 is 0 Å². The van der Waals surface area contributed by atoms with Gasteiger partial charge in [0.2, 0.25) is 0 Å². The van der Waals surface area contributed by atoms with E-state index >= 15 is 0 Å². The van der Waals surface area contributed by atoms with E-state index in [2.05, 4.69) is 6.92 Å². The van der Waals surface area contributed by atoms with Crippen molar-refractivity contribution in [2.24, 2.45) is 17.3 Å². The second-order valence-corrected chi connectivity index (χ2v) is 5.77. The summed E-state index contributed by atoms with van der Waals surface area (Å²) >= 11 is 0. The highest BCUT2D eigenvalue weighted by atomic mass is 16.4. The van der Waals surface area contributed by atoms with Gasteiger partial charge in [0.05, 0.1) is 6.07 Å². The summed E-state index contributed by atoms with van der Waals surface area (Å²) in [5.41, 5.74) is 0.722. The number of rotatable bonds is 4. The highest BCUT2D eigenvalue weighted by Crippen LogP contribution is 2.49. The maximum absolute atomic E-state index is 11.4. The third-order valence-electron chi connectivity index (χ3n) is 4.28. The minimum Gasteiger partial charge on any atom is -0.480 e. The number of nitriles is 1. The molecule has 2 rings (SSSR count). The summed E-state index contributed by atoms with van der Waals surface area (Å²) in [6, 6.07) is 11.9. The van der Waals surface area contributed by atoms with Gasteiger partial charge in [0.15, 0.2) is 0 Å². The van der Waals surface area contributed by atoms with Gasteiger partial charge in [0.1, 0.15) is 5.92 Å². The van der Waals surface area contributed by atoms with Crippen molar-refractivity contribution < 1.29 is 9.90 Å². The molecule has 1 aromatic rings. The number of aliphatic carboxylic acids is 1. The largest absolute Gasteiger partial charge is 0.480 e. The van der Waals surface area contributed by atoms with E-state index in [1.807, 2.05) is 36.4 Å². The van der Waals surface area contributed by atoms with Gasteiger partial charge in [-0.3, -0.25) is 4.79 Å². The molecule has 0 spiro atoms. The SMILES string of the molecule is C[C@@H]1CC[C@](Cc2ccccc2)([C@H](C#N)C(=O)O)C1. The molecule has 1 aliphatic rings. The number of hydrogen-bond donors (Lipinski definition) is 1. The van der Waals surface area contributed by atoms with Crippen LogP contribution in [0, 0.1) is 28.6 Å². The Balaban J connectivity index is 2.31. The molecule has 1 aromatic carbocycles. The van der Waals surface area contributed by atoms with Crippen molar-refractivity contribution in [3.05, 3.63) is 35.9 Å². The zero-order valence-corrected chi connectivity index (χ0v) is 11.2. The van der Waals surface area contributed by atoms with E-state index in [1.165, 1.54) is 0 Å². The number of carboxylic acid groups (broad SMARTS) is 1. The van der Waals surface area contributed by atoms with Gasteiger partial charge in [-0.15, -0.1) is 0 Å². The summed E-state index contributed by atoms with van der Waals surface area (Å²) in [6.45, 7) is 2.14. The quantitative estimate of drug-likeness (QED) is 0.900. The van der Waals surface area contributed by atoms with Gasteiger partial charge in [0.25, 0.3) is 0 Å². The highest BCUT2D eigenvalue weighted by molar-refractivity contribution is 5.74. The predicted molar refractivity (Wildman–Crippen MR) is 72.3 cm³/mol. The molecule has 0 heterocycles. The Labute approximate surface area is 113 Å². The van der Waals surface area contributed by atoms with Crippen molar-refractivity contribution in [1.82, 2.24) is 0 Å². The van der Waals surface area contributed by atoms with Gasteiger partial charge >= 0.3 is 5.97 Å². The summed E-state index contributed by atoms with van der Waals surface area (Å²) < 4.78 is 0. The highest BCUT2D eigenvalue weighted by Gasteiger charge is 2.47. The van der Waals surface area contributed by atoms with Gasteiger partial charge in [-0.2, -0.15) is 5.26 Å². The fraction of sp³-hybridized carbons (Fsp3) is 0.500. The first-order valence-electron chi connectivity index (χ1n) is 6.74. The van der Waals surface area contributed by atoms with E-state index in [4.69, 9.17) is 0 Å². The van der Waals surface area contributed by atoms with Crippen LogP contribution in [0.15, 0.2) is 30.3 Å². The summed E-state index contributed by atoms with van der Waals surface area (Å²) in [5, 5.41) is 18.6. The summed E-state index contributed by atoms with van der Waals surface area (Å²) in [7, 11) is 0.